The highest BCUT2D eigenvalue weighted by atomic mass is 32.1. The molecule has 1 atom stereocenters. The van der Waals surface area contributed by atoms with Crippen LogP contribution in [-0.2, 0) is 20.9 Å². The molecule has 2 heterocycles. The number of nitrogens with zero attached hydrogens (tertiary/aromatic N) is 2. The summed E-state index contributed by atoms with van der Waals surface area (Å²) in [5.41, 5.74) is 3.37. The fourth-order valence-corrected chi connectivity index (χ4v) is 6.98. The lowest BCUT2D eigenvalue weighted by Crippen LogP contribution is -2.40. The van der Waals surface area contributed by atoms with Crippen molar-refractivity contribution >= 4 is 35.0 Å². The molecule has 11 nitrogen and oxygen atoms in total. The molecule has 1 aliphatic heterocycles. The van der Waals surface area contributed by atoms with E-state index in [1.165, 1.54) is 30.1 Å². The molecule has 5 aromatic rings. The minimum atomic E-state index is -0.916. The van der Waals surface area contributed by atoms with Crippen molar-refractivity contribution in [3.8, 4) is 23.0 Å². The van der Waals surface area contributed by atoms with Crippen LogP contribution in [0, 0.1) is 0 Å². The van der Waals surface area contributed by atoms with Crippen molar-refractivity contribution in [3.05, 3.63) is 144 Å². The normalized spacial score (nSPS) is 13.8. The summed E-state index contributed by atoms with van der Waals surface area (Å²) in [7, 11) is 4.60. The van der Waals surface area contributed by atoms with E-state index in [2.05, 4.69) is 0 Å². The van der Waals surface area contributed by atoms with Crippen LogP contribution in [0.25, 0.3) is 11.8 Å². The zero-order chi connectivity index (χ0) is 37.5. The quantitative estimate of drug-likeness (QED) is 0.140. The molecule has 0 unspecified atom stereocenters. The maximum Gasteiger partial charge on any atom is 0.338 e. The Morgan fingerprint density at radius 3 is 2.17 bits per heavy atom. The fraction of sp³-hybridized carbons (Fsp3) is 0.220. The average Bonchev–Trinajstić information content (AvgIpc) is 3.50. The second-order valence-electron chi connectivity index (χ2n) is 11.6. The molecule has 0 spiro atoms. The Morgan fingerprint density at radius 1 is 0.792 bits per heavy atom. The number of hydrogen-bond donors (Lipinski definition) is 0. The van der Waals surface area contributed by atoms with Crippen LogP contribution in [-0.4, -0.2) is 51.0 Å². The first-order chi connectivity index (χ1) is 25.8. The number of methoxy groups -OCH3 is 3. The molecular formula is C41H38N2O9S. The minimum Gasteiger partial charge on any atom is -0.493 e. The molecule has 0 N–H and O–H groups in total. The molecule has 0 radical (unpaired) electrons. The van der Waals surface area contributed by atoms with Gasteiger partial charge < -0.3 is 28.4 Å². The van der Waals surface area contributed by atoms with E-state index in [-0.39, 0.29) is 31.0 Å². The molecule has 272 valence electrons. The highest BCUT2D eigenvalue weighted by molar-refractivity contribution is 7.07. The van der Waals surface area contributed by atoms with E-state index < -0.39 is 18.0 Å². The maximum atomic E-state index is 14.6. The summed E-state index contributed by atoms with van der Waals surface area (Å²) in [4.78, 5) is 45.9. The van der Waals surface area contributed by atoms with Crippen molar-refractivity contribution in [2.24, 2.45) is 4.99 Å². The number of carbonyl (C=O) groups excluding carboxylic acids is 2. The molecule has 53 heavy (non-hydrogen) atoms. The van der Waals surface area contributed by atoms with E-state index in [1.54, 1.807) is 75.6 Å². The number of thiazole rings is 1. The van der Waals surface area contributed by atoms with Gasteiger partial charge >= 0.3 is 11.9 Å². The molecule has 0 saturated heterocycles. The number of para-hydroxylation sites is 1. The Morgan fingerprint density at radius 2 is 1.49 bits per heavy atom. The van der Waals surface area contributed by atoms with Gasteiger partial charge in [0.1, 0.15) is 6.61 Å². The molecule has 0 aliphatic carbocycles. The monoisotopic (exact) mass is 734 g/mol. The molecule has 1 aliphatic rings. The lowest BCUT2D eigenvalue weighted by molar-refractivity contribution is -0.138. The summed E-state index contributed by atoms with van der Waals surface area (Å²) >= 11 is 1.19. The second kappa shape index (κ2) is 16.5. The van der Waals surface area contributed by atoms with Crippen molar-refractivity contribution in [1.29, 1.82) is 0 Å². The van der Waals surface area contributed by atoms with E-state index >= 15 is 0 Å². The largest absolute Gasteiger partial charge is 0.493 e. The number of hydrogen-bond acceptors (Lipinski definition) is 11. The van der Waals surface area contributed by atoms with Gasteiger partial charge in [0.15, 0.2) is 27.8 Å². The van der Waals surface area contributed by atoms with Crippen LogP contribution in [0.2, 0.25) is 0 Å². The standard InChI is InChI=1S/C41H38N2O9S/c1-6-50-39(45)27-18-16-25(17-19-27)24-52-37-29(14-11-15-31(37)48-4)23-33-38(44)43-36(28-20-21-30(47-3)32(22-28)49-5)34(40(46)51-7-2)35(42-41(43)53-33)26-12-9-8-10-13-26/h8-23,36H,6-7,24H2,1-5H3/b33-23-/t36-/m0/s1. The van der Waals surface area contributed by atoms with Crippen molar-refractivity contribution < 1.29 is 38.0 Å². The van der Waals surface area contributed by atoms with Gasteiger partial charge in [-0.15, -0.1) is 0 Å². The Bertz CT molecular complexity index is 2350. The number of rotatable bonds is 13. The van der Waals surface area contributed by atoms with E-state index in [1.807, 2.05) is 42.5 Å². The zero-order valence-corrected chi connectivity index (χ0v) is 30.7. The van der Waals surface area contributed by atoms with Gasteiger partial charge in [-0.2, -0.15) is 0 Å². The van der Waals surface area contributed by atoms with Gasteiger partial charge in [-0.25, -0.2) is 14.6 Å². The summed E-state index contributed by atoms with van der Waals surface area (Å²) in [6, 6.07) is 26.0. The number of ether oxygens (including phenoxy) is 6. The molecule has 4 aromatic carbocycles. The Labute approximate surface area is 310 Å². The van der Waals surface area contributed by atoms with Gasteiger partial charge in [0, 0.05) is 11.1 Å². The summed E-state index contributed by atoms with van der Waals surface area (Å²) < 4.78 is 35.6. The second-order valence-corrected chi connectivity index (χ2v) is 12.6. The van der Waals surface area contributed by atoms with E-state index in [0.717, 1.165) is 5.56 Å². The predicted octanol–water partition coefficient (Wildman–Crippen LogP) is 5.72. The van der Waals surface area contributed by atoms with Gasteiger partial charge in [0.05, 0.1) is 62.0 Å². The van der Waals surface area contributed by atoms with E-state index in [9.17, 15) is 14.4 Å². The molecule has 0 bridgehead atoms. The molecule has 0 amide bonds. The lowest BCUT2D eigenvalue weighted by Gasteiger charge is -2.26. The van der Waals surface area contributed by atoms with Crippen LogP contribution in [0.15, 0.2) is 106 Å². The molecule has 1 aromatic heterocycles. The Kier molecular flexibility index (Phi) is 11.4. The smallest absolute Gasteiger partial charge is 0.338 e. The van der Waals surface area contributed by atoms with Crippen LogP contribution in [0.5, 0.6) is 23.0 Å². The van der Waals surface area contributed by atoms with Gasteiger partial charge in [-0.1, -0.05) is 72.0 Å². The zero-order valence-electron chi connectivity index (χ0n) is 29.9. The van der Waals surface area contributed by atoms with Gasteiger partial charge in [-0.05, 0) is 61.4 Å². The summed E-state index contributed by atoms with van der Waals surface area (Å²) in [5.74, 6) is 0.823. The number of fused-ring (bicyclic) bond motifs is 1. The van der Waals surface area contributed by atoms with E-state index in [0.29, 0.717) is 60.3 Å². The SMILES string of the molecule is CCOC(=O)C1=C(c2ccccc2)N=c2s/c(=C\c3cccc(OC)c3OCc3ccc(C(=O)OCC)cc3)c(=O)n2[C@H]1c1ccc(OC)c(OC)c1. The molecular weight excluding hydrogens is 697 g/mol. The first-order valence-electron chi connectivity index (χ1n) is 16.9. The van der Waals surface area contributed by atoms with Crippen LogP contribution in [0.1, 0.15) is 52.5 Å². The lowest BCUT2D eigenvalue weighted by atomic mass is 9.93. The van der Waals surface area contributed by atoms with Crippen molar-refractivity contribution in [3.63, 3.8) is 0 Å². The van der Waals surface area contributed by atoms with Crippen LogP contribution in [0.3, 0.4) is 0 Å². The number of esters is 2. The molecule has 12 heteroatoms. The topological polar surface area (TPSA) is 124 Å². The van der Waals surface area contributed by atoms with Crippen molar-refractivity contribution in [2.75, 3.05) is 34.5 Å². The summed E-state index contributed by atoms with van der Waals surface area (Å²) in [6.45, 7) is 4.06. The fourth-order valence-electron chi connectivity index (χ4n) is 5.99. The number of aromatic nitrogens is 1. The minimum absolute atomic E-state index is 0.127. The third-order valence-electron chi connectivity index (χ3n) is 8.46. The Hall–Kier alpha value is -6.14. The van der Waals surface area contributed by atoms with Gasteiger partial charge in [-0.3, -0.25) is 9.36 Å². The predicted molar refractivity (Wildman–Crippen MR) is 200 cm³/mol. The Balaban J connectivity index is 1.50. The van der Waals surface area contributed by atoms with Crippen LogP contribution in [0.4, 0.5) is 0 Å². The molecule has 0 saturated carbocycles. The highest BCUT2D eigenvalue weighted by Gasteiger charge is 2.35. The third-order valence-corrected chi connectivity index (χ3v) is 9.44. The van der Waals surface area contributed by atoms with Gasteiger partial charge in [0.25, 0.3) is 5.56 Å². The average molecular weight is 735 g/mol. The molecule has 6 rings (SSSR count). The van der Waals surface area contributed by atoms with Crippen LogP contribution < -0.4 is 33.8 Å². The van der Waals surface area contributed by atoms with Crippen molar-refractivity contribution in [2.45, 2.75) is 26.5 Å². The van der Waals surface area contributed by atoms with Crippen molar-refractivity contribution in [1.82, 2.24) is 4.57 Å². The first kappa shape index (κ1) is 36.6. The van der Waals surface area contributed by atoms with Crippen LogP contribution >= 0.6 is 11.3 Å². The van der Waals surface area contributed by atoms with Gasteiger partial charge in [0.2, 0.25) is 0 Å². The number of carbonyl (C=O) groups is 2. The number of benzene rings is 4. The third kappa shape index (κ3) is 7.58. The first-order valence-corrected chi connectivity index (χ1v) is 17.7. The molecule has 0 fully saturated rings. The highest BCUT2D eigenvalue weighted by Crippen LogP contribution is 2.39. The summed E-state index contributed by atoms with van der Waals surface area (Å²) in [5, 5.41) is 0. The maximum absolute atomic E-state index is 14.6. The summed E-state index contributed by atoms with van der Waals surface area (Å²) in [6.07, 6.45) is 1.73. The van der Waals surface area contributed by atoms with E-state index in [4.69, 9.17) is 33.4 Å².